The SMILES string of the molecule is Cc1cc(NN)c(O)c(S(=O)(=O)O)c1. The number of aryl methyl sites for hydroxylation is 1. The minimum Gasteiger partial charge on any atom is -0.504 e. The molecule has 6 nitrogen and oxygen atoms in total. The highest BCUT2D eigenvalue weighted by atomic mass is 32.2. The van der Waals surface area contributed by atoms with Crippen LogP contribution in [0.4, 0.5) is 5.69 Å². The standard InChI is InChI=1S/C7H10N2O4S/c1-4-2-5(9-8)7(10)6(3-4)14(11,12)13/h2-3,9-10H,8H2,1H3,(H,11,12,13). The zero-order chi connectivity index (χ0) is 10.9. The fraction of sp³-hybridized carbons (Fsp3) is 0.143. The van der Waals surface area contributed by atoms with E-state index in [0.717, 1.165) is 6.07 Å². The maximum Gasteiger partial charge on any atom is 0.298 e. The molecule has 0 aromatic heterocycles. The molecule has 1 aromatic rings. The van der Waals surface area contributed by atoms with Crippen LogP contribution in [0.1, 0.15) is 5.56 Å². The number of nitrogens with two attached hydrogens (primary N) is 1. The molecule has 0 spiro atoms. The van der Waals surface area contributed by atoms with Gasteiger partial charge in [0.05, 0.1) is 5.69 Å². The van der Waals surface area contributed by atoms with Crippen molar-refractivity contribution in [1.29, 1.82) is 0 Å². The molecule has 1 aromatic carbocycles. The molecule has 0 aliphatic rings. The molecule has 0 aliphatic carbocycles. The number of aromatic hydroxyl groups is 1. The predicted molar refractivity (Wildman–Crippen MR) is 50.5 cm³/mol. The van der Waals surface area contributed by atoms with Crippen molar-refractivity contribution in [1.82, 2.24) is 0 Å². The second kappa shape index (κ2) is 3.45. The van der Waals surface area contributed by atoms with E-state index in [1.165, 1.54) is 6.07 Å². The summed E-state index contributed by atoms with van der Waals surface area (Å²) in [6.45, 7) is 1.61. The Morgan fingerprint density at radius 1 is 1.43 bits per heavy atom. The van der Waals surface area contributed by atoms with Gasteiger partial charge in [-0.15, -0.1) is 0 Å². The Bertz CT molecular complexity index is 455. The number of phenols is 1. The number of hydrogen-bond donors (Lipinski definition) is 4. The van der Waals surface area contributed by atoms with E-state index in [1.54, 1.807) is 6.92 Å². The summed E-state index contributed by atoms with van der Waals surface area (Å²) in [5.41, 5.74) is 2.71. The number of hydrazine groups is 1. The van der Waals surface area contributed by atoms with Gasteiger partial charge < -0.3 is 10.5 Å². The van der Waals surface area contributed by atoms with Crippen molar-refractivity contribution in [3.05, 3.63) is 17.7 Å². The van der Waals surface area contributed by atoms with Crippen LogP contribution >= 0.6 is 0 Å². The normalized spacial score (nSPS) is 11.4. The van der Waals surface area contributed by atoms with Crippen LogP contribution in [0.2, 0.25) is 0 Å². The number of rotatable bonds is 2. The molecule has 0 bridgehead atoms. The molecule has 5 N–H and O–H groups in total. The van der Waals surface area contributed by atoms with Crippen LogP contribution in [-0.4, -0.2) is 18.1 Å². The summed E-state index contributed by atoms with van der Waals surface area (Å²) in [5.74, 6) is 4.45. The molecule has 0 heterocycles. The Morgan fingerprint density at radius 2 is 2.00 bits per heavy atom. The second-order valence-corrected chi connectivity index (χ2v) is 4.17. The third-order valence-electron chi connectivity index (χ3n) is 1.65. The van der Waals surface area contributed by atoms with E-state index in [9.17, 15) is 13.5 Å². The van der Waals surface area contributed by atoms with Gasteiger partial charge in [-0.2, -0.15) is 8.42 Å². The summed E-state index contributed by atoms with van der Waals surface area (Å²) in [7, 11) is -4.43. The Hall–Kier alpha value is -1.31. The lowest BCUT2D eigenvalue weighted by molar-refractivity contribution is 0.444. The van der Waals surface area contributed by atoms with E-state index in [2.05, 4.69) is 5.43 Å². The molecule has 0 saturated heterocycles. The van der Waals surface area contributed by atoms with Crippen LogP contribution in [0, 0.1) is 6.92 Å². The van der Waals surface area contributed by atoms with E-state index < -0.39 is 20.8 Å². The summed E-state index contributed by atoms with van der Waals surface area (Å²) < 4.78 is 30.4. The van der Waals surface area contributed by atoms with Crippen molar-refractivity contribution in [2.75, 3.05) is 5.43 Å². The number of anilines is 1. The summed E-state index contributed by atoms with van der Waals surface area (Å²) in [6.07, 6.45) is 0. The van der Waals surface area contributed by atoms with Gasteiger partial charge in [0.15, 0.2) is 5.75 Å². The lowest BCUT2D eigenvalue weighted by Crippen LogP contribution is -2.09. The van der Waals surface area contributed by atoms with Crippen LogP contribution < -0.4 is 11.3 Å². The predicted octanol–water partition coefficient (Wildman–Crippen LogP) is 0.233. The average Bonchev–Trinajstić information content (AvgIpc) is 2.06. The van der Waals surface area contributed by atoms with Crippen molar-refractivity contribution >= 4 is 15.8 Å². The fourth-order valence-corrected chi connectivity index (χ4v) is 1.74. The summed E-state index contributed by atoms with van der Waals surface area (Å²) in [6, 6.07) is 2.59. The molecular formula is C7H10N2O4S. The van der Waals surface area contributed by atoms with Gasteiger partial charge in [0.25, 0.3) is 10.1 Å². The molecule has 1 rings (SSSR count). The van der Waals surface area contributed by atoms with E-state index >= 15 is 0 Å². The third-order valence-corrected chi connectivity index (χ3v) is 2.52. The highest BCUT2D eigenvalue weighted by Gasteiger charge is 2.18. The van der Waals surface area contributed by atoms with E-state index in [4.69, 9.17) is 10.4 Å². The van der Waals surface area contributed by atoms with E-state index in [-0.39, 0.29) is 5.69 Å². The topological polar surface area (TPSA) is 113 Å². The van der Waals surface area contributed by atoms with Crippen LogP contribution in [0.15, 0.2) is 17.0 Å². The van der Waals surface area contributed by atoms with Crippen LogP contribution in [-0.2, 0) is 10.1 Å². The maximum atomic E-state index is 10.8. The molecule has 0 fully saturated rings. The van der Waals surface area contributed by atoms with Gasteiger partial charge >= 0.3 is 0 Å². The Morgan fingerprint density at radius 3 is 2.43 bits per heavy atom. The lowest BCUT2D eigenvalue weighted by Gasteiger charge is -2.08. The molecule has 0 radical (unpaired) electrons. The van der Waals surface area contributed by atoms with Crippen LogP contribution in [0.3, 0.4) is 0 Å². The molecule has 14 heavy (non-hydrogen) atoms. The van der Waals surface area contributed by atoms with Crippen LogP contribution in [0.5, 0.6) is 5.75 Å². The first-order valence-corrected chi connectivity index (χ1v) is 5.08. The average molecular weight is 218 g/mol. The maximum absolute atomic E-state index is 10.8. The molecular weight excluding hydrogens is 208 g/mol. The molecule has 0 amide bonds. The van der Waals surface area contributed by atoms with Gasteiger partial charge in [-0.1, -0.05) is 0 Å². The molecule has 0 saturated carbocycles. The molecule has 7 heteroatoms. The van der Waals surface area contributed by atoms with Crippen LogP contribution in [0.25, 0.3) is 0 Å². The van der Waals surface area contributed by atoms with Gasteiger partial charge in [-0.05, 0) is 24.6 Å². The lowest BCUT2D eigenvalue weighted by atomic mass is 10.2. The number of nitrogens with one attached hydrogen (secondary N) is 1. The zero-order valence-electron chi connectivity index (χ0n) is 7.35. The summed E-state index contributed by atoms with van der Waals surface area (Å²) in [4.78, 5) is -0.564. The number of phenolic OH excluding ortho intramolecular Hbond substituents is 1. The highest BCUT2D eigenvalue weighted by molar-refractivity contribution is 7.86. The van der Waals surface area contributed by atoms with Crippen molar-refractivity contribution < 1.29 is 18.1 Å². The summed E-state index contributed by atoms with van der Waals surface area (Å²) >= 11 is 0. The second-order valence-electron chi connectivity index (χ2n) is 2.78. The summed E-state index contributed by atoms with van der Waals surface area (Å²) in [5, 5.41) is 9.37. The van der Waals surface area contributed by atoms with Crippen molar-refractivity contribution in [2.24, 2.45) is 5.84 Å². The molecule has 0 unspecified atom stereocenters. The first-order valence-electron chi connectivity index (χ1n) is 3.64. The fourth-order valence-electron chi connectivity index (χ4n) is 1.05. The monoisotopic (exact) mass is 218 g/mol. The van der Waals surface area contributed by atoms with Crippen molar-refractivity contribution in [3.8, 4) is 5.75 Å². The van der Waals surface area contributed by atoms with Crippen molar-refractivity contribution in [3.63, 3.8) is 0 Å². The minimum absolute atomic E-state index is 0.0395. The largest absolute Gasteiger partial charge is 0.504 e. The van der Waals surface area contributed by atoms with Gasteiger partial charge in [-0.25, -0.2) is 0 Å². The first kappa shape index (κ1) is 10.8. The quantitative estimate of drug-likeness (QED) is 0.245. The minimum atomic E-state index is -4.43. The number of nitrogen functional groups attached to an aromatic ring is 1. The Kier molecular flexibility index (Phi) is 2.65. The number of hydrogen-bond acceptors (Lipinski definition) is 5. The first-order chi connectivity index (χ1) is 6.36. The van der Waals surface area contributed by atoms with Gasteiger partial charge in [0, 0.05) is 0 Å². The van der Waals surface area contributed by atoms with Gasteiger partial charge in [-0.3, -0.25) is 10.4 Å². The molecule has 78 valence electrons. The molecule has 0 aliphatic heterocycles. The molecule has 0 atom stereocenters. The van der Waals surface area contributed by atoms with Gasteiger partial charge in [0.1, 0.15) is 4.90 Å². The zero-order valence-corrected chi connectivity index (χ0v) is 8.17. The van der Waals surface area contributed by atoms with Crippen molar-refractivity contribution in [2.45, 2.75) is 11.8 Å². The van der Waals surface area contributed by atoms with Gasteiger partial charge in [0.2, 0.25) is 0 Å². The van der Waals surface area contributed by atoms with E-state index in [0.29, 0.717) is 5.56 Å². The third kappa shape index (κ3) is 1.95. The smallest absolute Gasteiger partial charge is 0.298 e. The number of benzene rings is 1. The Labute approximate surface area is 81.1 Å². The highest BCUT2D eigenvalue weighted by Crippen LogP contribution is 2.31. The Balaban J connectivity index is 3.53. The van der Waals surface area contributed by atoms with E-state index in [1.807, 2.05) is 0 Å².